The fourth-order valence-electron chi connectivity index (χ4n) is 4.38. The highest BCUT2D eigenvalue weighted by atomic mass is 19.4. The largest absolute Gasteiger partial charge is 0.401 e. The molecule has 1 aliphatic carbocycles. The first-order valence-electron chi connectivity index (χ1n) is 8.21. The number of H-pyrrole nitrogens is 1. The molecule has 0 radical (unpaired) electrons. The summed E-state index contributed by atoms with van der Waals surface area (Å²) in [5, 5.41) is 0.982. The van der Waals surface area contributed by atoms with Crippen LogP contribution in [0, 0.1) is 11.8 Å². The first kappa shape index (κ1) is 15.7. The predicted octanol–water partition coefficient (Wildman–Crippen LogP) is 2.67. The van der Waals surface area contributed by atoms with Crippen LogP contribution in [-0.4, -0.2) is 58.8 Å². The Labute approximate surface area is 137 Å². The van der Waals surface area contributed by atoms with Crippen LogP contribution in [0.4, 0.5) is 19.0 Å². The summed E-state index contributed by atoms with van der Waals surface area (Å²) in [5.41, 5.74) is 0.807. The minimum atomic E-state index is -4.10. The van der Waals surface area contributed by atoms with Gasteiger partial charge in [0.25, 0.3) is 0 Å². The van der Waals surface area contributed by atoms with E-state index in [0.717, 1.165) is 29.7 Å². The van der Waals surface area contributed by atoms with E-state index in [-0.39, 0.29) is 0 Å². The third kappa shape index (κ3) is 2.83. The zero-order valence-corrected chi connectivity index (χ0v) is 13.4. The Bertz CT molecular complexity index is 714. The average molecular weight is 339 g/mol. The lowest BCUT2D eigenvalue weighted by atomic mass is 10.0. The molecular weight excluding hydrogens is 319 g/mol. The molecule has 3 heterocycles. The Morgan fingerprint density at radius 1 is 1.25 bits per heavy atom. The van der Waals surface area contributed by atoms with Gasteiger partial charge in [-0.15, -0.1) is 0 Å². The lowest BCUT2D eigenvalue weighted by molar-refractivity contribution is -0.144. The van der Waals surface area contributed by atoms with Gasteiger partial charge in [-0.1, -0.05) is 0 Å². The number of alkyl halides is 3. The smallest absolute Gasteiger partial charge is 0.356 e. The summed E-state index contributed by atoms with van der Waals surface area (Å²) < 4.78 is 37.7. The fourth-order valence-corrected chi connectivity index (χ4v) is 4.38. The van der Waals surface area contributed by atoms with Crippen LogP contribution in [0.15, 0.2) is 18.6 Å². The van der Waals surface area contributed by atoms with E-state index in [9.17, 15) is 13.2 Å². The molecule has 0 bridgehead atoms. The topological polar surface area (TPSA) is 48.1 Å². The Kier molecular flexibility index (Phi) is 3.67. The van der Waals surface area contributed by atoms with Gasteiger partial charge in [-0.2, -0.15) is 13.2 Å². The van der Waals surface area contributed by atoms with E-state index >= 15 is 0 Å². The summed E-state index contributed by atoms with van der Waals surface area (Å²) in [6, 6.07) is 2.28. The molecule has 0 aromatic carbocycles. The molecule has 8 heteroatoms. The number of nitrogens with one attached hydrogen (secondary N) is 1. The maximum absolute atomic E-state index is 12.6. The van der Waals surface area contributed by atoms with Crippen LogP contribution in [0.5, 0.6) is 0 Å². The summed E-state index contributed by atoms with van der Waals surface area (Å²) >= 11 is 0. The number of aromatic nitrogens is 3. The Morgan fingerprint density at radius 3 is 2.62 bits per heavy atom. The summed E-state index contributed by atoms with van der Waals surface area (Å²) in [6.45, 7) is 0.325. The van der Waals surface area contributed by atoms with Gasteiger partial charge in [-0.3, -0.25) is 4.90 Å². The Balaban J connectivity index is 1.44. The van der Waals surface area contributed by atoms with E-state index in [0.29, 0.717) is 31.0 Å². The number of fused-ring (bicyclic) bond motifs is 2. The van der Waals surface area contributed by atoms with Crippen LogP contribution in [0.25, 0.3) is 11.0 Å². The van der Waals surface area contributed by atoms with Gasteiger partial charge in [0.05, 0.1) is 11.9 Å². The van der Waals surface area contributed by atoms with E-state index < -0.39 is 12.7 Å². The molecule has 2 aromatic rings. The maximum Gasteiger partial charge on any atom is 0.401 e. The van der Waals surface area contributed by atoms with Crippen LogP contribution in [0.1, 0.15) is 12.8 Å². The highest BCUT2D eigenvalue weighted by molar-refractivity contribution is 5.87. The van der Waals surface area contributed by atoms with Crippen LogP contribution < -0.4 is 4.90 Å². The van der Waals surface area contributed by atoms with E-state index in [2.05, 4.69) is 19.9 Å². The van der Waals surface area contributed by atoms with Crippen LogP contribution in [-0.2, 0) is 0 Å². The van der Waals surface area contributed by atoms with Gasteiger partial charge >= 0.3 is 6.18 Å². The van der Waals surface area contributed by atoms with Crippen molar-refractivity contribution in [2.24, 2.45) is 11.8 Å². The van der Waals surface area contributed by atoms with Crippen molar-refractivity contribution in [3.05, 3.63) is 18.6 Å². The fraction of sp³-hybridized carbons (Fsp3) is 0.625. The zero-order chi connectivity index (χ0) is 16.9. The molecule has 0 spiro atoms. The van der Waals surface area contributed by atoms with Crippen molar-refractivity contribution in [1.82, 2.24) is 19.9 Å². The molecule has 24 heavy (non-hydrogen) atoms. The molecule has 1 saturated carbocycles. The normalized spacial score (nSPS) is 27.8. The maximum atomic E-state index is 12.6. The molecule has 2 fully saturated rings. The second-order valence-corrected chi connectivity index (χ2v) is 7.00. The number of nitrogens with zero attached hydrogens (tertiary/aromatic N) is 4. The predicted molar refractivity (Wildman–Crippen MR) is 84.8 cm³/mol. The van der Waals surface area contributed by atoms with Crippen LogP contribution in [0.3, 0.4) is 0 Å². The number of anilines is 1. The zero-order valence-electron chi connectivity index (χ0n) is 13.4. The summed E-state index contributed by atoms with van der Waals surface area (Å²) in [7, 11) is 2.02. The number of halogens is 3. The van der Waals surface area contributed by atoms with Gasteiger partial charge in [0, 0.05) is 32.4 Å². The van der Waals surface area contributed by atoms with E-state index in [1.807, 2.05) is 19.3 Å². The van der Waals surface area contributed by atoms with Crippen molar-refractivity contribution < 1.29 is 13.2 Å². The second-order valence-electron chi connectivity index (χ2n) is 7.00. The molecule has 130 valence electrons. The average Bonchev–Trinajstić information content (AvgIpc) is 3.17. The first-order chi connectivity index (χ1) is 11.4. The molecule has 1 aliphatic heterocycles. The SMILES string of the molecule is CN(c1ncnc2[nH]ccc12)C1CC2CN(CC(F)(F)F)C[C@@H]2C1. The van der Waals surface area contributed by atoms with E-state index in [4.69, 9.17) is 0 Å². The van der Waals surface area contributed by atoms with Crippen molar-refractivity contribution in [2.45, 2.75) is 25.1 Å². The van der Waals surface area contributed by atoms with Gasteiger partial charge in [-0.25, -0.2) is 9.97 Å². The number of aromatic amines is 1. The monoisotopic (exact) mass is 339 g/mol. The second kappa shape index (κ2) is 5.61. The van der Waals surface area contributed by atoms with Crippen LogP contribution >= 0.6 is 0 Å². The highest BCUT2D eigenvalue weighted by Crippen LogP contribution is 2.42. The minimum absolute atomic E-state index is 0.320. The van der Waals surface area contributed by atoms with Crippen molar-refractivity contribution in [3.8, 4) is 0 Å². The van der Waals surface area contributed by atoms with Crippen molar-refractivity contribution in [1.29, 1.82) is 0 Å². The summed E-state index contributed by atoms with van der Waals surface area (Å²) in [5.74, 6) is 1.59. The molecule has 3 atom stereocenters. The minimum Gasteiger partial charge on any atom is -0.356 e. The molecule has 1 N–H and O–H groups in total. The van der Waals surface area contributed by atoms with Gasteiger partial charge in [0.1, 0.15) is 17.8 Å². The van der Waals surface area contributed by atoms with Gasteiger partial charge in [0.2, 0.25) is 0 Å². The lowest BCUT2D eigenvalue weighted by Gasteiger charge is -2.28. The molecule has 0 amide bonds. The molecule has 2 aliphatic rings. The third-order valence-corrected chi connectivity index (χ3v) is 5.42. The molecule has 2 aromatic heterocycles. The number of hydrogen-bond acceptors (Lipinski definition) is 4. The molecule has 5 nitrogen and oxygen atoms in total. The third-order valence-electron chi connectivity index (χ3n) is 5.42. The molecular formula is C16H20F3N5. The van der Waals surface area contributed by atoms with Gasteiger partial charge in [0.15, 0.2) is 0 Å². The standard InChI is InChI=1S/C16H20F3N5/c1-23(15-13-2-3-20-14(13)21-9-22-15)12-4-10-6-24(7-11(10)5-12)8-16(17,18)19/h2-3,9-12H,4-8H2,1H3,(H,20,21,22)/t10-,11?,12?/m0/s1. The Morgan fingerprint density at radius 2 is 1.96 bits per heavy atom. The molecule has 1 saturated heterocycles. The van der Waals surface area contributed by atoms with Crippen LogP contribution in [0.2, 0.25) is 0 Å². The number of rotatable bonds is 3. The van der Waals surface area contributed by atoms with Crippen molar-refractivity contribution >= 4 is 16.9 Å². The van der Waals surface area contributed by atoms with E-state index in [1.54, 1.807) is 11.2 Å². The first-order valence-corrected chi connectivity index (χ1v) is 8.21. The van der Waals surface area contributed by atoms with Gasteiger partial charge < -0.3 is 9.88 Å². The number of hydrogen-bond donors (Lipinski definition) is 1. The Hall–Kier alpha value is -1.83. The lowest BCUT2D eigenvalue weighted by Crippen LogP contribution is -2.36. The highest BCUT2D eigenvalue weighted by Gasteiger charge is 2.45. The summed E-state index contributed by atoms with van der Waals surface area (Å²) in [4.78, 5) is 15.4. The molecule has 4 rings (SSSR count). The van der Waals surface area contributed by atoms with Crippen molar-refractivity contribution in [3.63, 3.8) is 0 Å². The summed E-state index contributed by atoms with van der Waals surface area (Å²) in [6.07, 6.45) is 1.13. The van der Waals surface area contributed by atoms with E-state index in [1.165, 1.54) is 0 Å². The quantitative estimate of drug-likeness (QED) is 0.934. The molecule has 2 unspecified atom stereocenters. The number of likely N-dealkylation sites (tertiary alicyclic amines) is 1. The van der Waals surface area contributed by atoms with Crippen molar-refractivity contribution in [2.75, 3.05) is 31.6 Å². The van der Waals surface area contributed by atoms with Gasteiger partial charge in [-0.05, 0) is 30.7 Å².